The van der Waals surface area contributed by atoms with Gasteiger partial charge in [-0.2, -0.15) is 0 Å². The number of amides is 1. The Kier molecular flexibility index (Phi) is 4.25. The molecule has 3 nitrogen and oxygen atoms in total. The van der Waals surface area contributed by atoms with Gasteiger partial charge < -0.3 is 10.2 Å². The summed E-state index contributed by atoms with van der Waals surface area (Å²) in [5.74, 6) is 0.337. The van der Waals surface area contributed by atoms with Gasteiger partial charge in [0.05, 0.1) is 12.0 Å². The van der Waals surface area contributed by atoms with E-state index in [1.807, 2.05) is 43.1 Å². The van der Waals surface area contributed by atoms with Crippen LogP contribution in [0.15, 0.2) is 24.3 Å². The number of benzene rings is 1. The van der Waals surface area contributed by atoms with Gasteiger partial charge >= 0.3 is 0 Å². The minimum Gasteiger partial charge on any atom is -0.339 e. The van der Waals surface area contributed by atoms with Crippen molar-refractivity contribution in [3.05, 3.63) is 34.9 Å². The molecular weight excluding hydrogens is 248 g/mol. The summed E-state index contributed by atoms with van der Waals surface area (Å²) in [5, 5.41) is 3.94. The summed E-state index contributed by atoms with van der Waals surface area (Å²) in [7, 11) is 1.87. The third-order valence-electron chi connectivity index (χ3n) is 3.67. The molecule has 1 aliphatic heterocycles. The van der Waals surface area contributed by atoms with E-state index in [0.717, 1.165) is 25.1 Å². The number of hydrogen-bond donors (Lipinski definition) is 1. The van der Waals surface area contributed by atoms with E-state index in [2.05, 4.69) is 5.32 Å². The Morgan fingerprint density at radius 1 is 1.56 bits per heavy atom. The second-order valence-corrected chi connectivity index (χ2v) is 5.31. The van der Waals surface area contributed by atoms with Crippen LogP contribution in [0, 0.1) is 5.92 Å². The zero-order valence-corrected chi connectivity index (χ0v) is 11.6. The number of hydrogen-bond acceptors (Lipinski definition) is 2. The van der Waals surface area contributed by atoms with Gasteiger partial charge in [-0.1, -0.05) is 23.7 Å². The summed E-state index contributed by atoms with van der Waals surface area (Å²) in [6, 6.07) is 7.75. The number of rotatable bonds is 3. The van der Waals surface area contributed by atoms with E-state index in [-0.39, 0.29) is 17.9 Å². The van der Waals surface area contributed by atoms with Crippen molar-refractivity contribution in [1.82, 2.24) is 10.2 Å². The number of nitrogens with zero attached hydrogens (tertiary/aromatic N) is 1. The maximum Gasteiger partial charge on any atom is 0.227 e. The van der Waals surface area contributed by atoms with Crippen molar-refractivity contribution < 1.29 is 4.79 Å². The Morgan fingerprint density at radius 2 is 2.33 bits per heavy atom. The molecule has 1 amide bonds. The summed E-state index contributed by atoms with van der Waals surface area (Å²) in [5.41, 5.74) is 1.07. The van der Waals surface area contributed by atoms with Crippen LogP contribution in [0.4, 0.5) is 0 Å². The predicted molar refractivity (Wildman–Crippen MR) is 73.6 cm³/mol. The first-order chi connectivity index (χ1) is 8.59. The van der Waals surface area contributed by atoms with Crippen LogP contribution < -0.4 is 5.32 Å². The molecule has 2 rings (SSSR count). The molecule has 4 heteroatoms. The molecule has 1 fully saturated rings. The Labute approximate surface area is 113 Å². The van der Waals surface area contributed by atoms with E-state index in [4.69, 9.17) is 11.6 Å². The molecule has 0 bridgehead atoms. The van der Waals surface area contributed by atoms with Crippen molar-refractivity contribution in [3.8, 4) is 0 Å². The van der Waals surface area contributed by atoms with Crippen LogP contribution in [0.3, 0.4) is 0 Å². The average molecular weight is 267 g/mol. The molecule has 98 valence electrons. The zero-order chi connectivity index (χ0) is 13.1. The minimum absolute atomic E-state index is 0.0526. The van der Waals surface area contributed by atoms with Crippen molar-refractivity contribution >= 4 is 17.5 Å². The molecule has 0 spiro atoms. The van der Waals surface area contributed by atoms with Gasteiger partial charge in [0.25, 0.3) is 0 Å². The van der Waals surface area contributed by atoms with Crippen LogP contribution in [-0.4, -0.2) is 30.9 Å². The highest BCUT2D eigenvalue weighted by atomic mass is 35.5. The Balaban J connectivity index is 2.08. The van der Waals surface area contributed by atoms with Crippen LogP contribution in [0.2, 0.25) is 5.02 Å². The maximum absolute atomic E-state index is 12.3. The van der Waals surface area contributed by atoms with Gasteiger partial charge in [0.1, 0.15) is 0 Å². The highest BCUT2D eigenvalue weighted by Crippen LogP contribution is 2.24. The first-order valence-electron chi connectivity index (χ1n) is 6.32. The van der Waals surface area contributed by atoms with E-state index in [1.165, 1.54) is 0 Å². The molecule has 0 aliphatic carbocycles. The van der Waals surface area contributed by atoms with Gasteiger partial charge in [-0.05, 0) is 37.6 Å². The van der Waals surface area contributed by atoms with Crippen LogP contribution in [-0.2, 0) is 4.79 Å². The largest absolute Gasteiger partial charge is 0.339 e. The molecule has 0 aromatic heterocycles. The molecule has 1 aromatic carbocycles. The van der Waals surface area contributed by atoms with Crippen LogP contribution in [0.1, 0.15) is 24.9 Å². The number of nitrogens with one attached hydrogen (secondary N) is 1. The van der Waals surface area contributed by atoms with Gasteiger partial charge in [-0.25, -0.2) is 0 Å². The lowest BCUT2D eigenvalue weighted by molar-refractivity contribution is -0.135. The lowest BCUT2D eigenvalue weighted by Gasteiger charge is -2.27. The average Bonchev–Trinajstić information content (AvgIpc) is 2.90. The summed E-state index contributed by atoms with van der Waals surface area (Å²) in [4.78, 5) is 14.1. The Hall–Kier alpha value is -1.06. The maximum atomic E-state index is 12.3. The van der Waals surface area contributed by atoms with Gasteiger partial charge in [-0.3, -0.25) is 4.79 Å². The van der Waals surface area contributed by atoms with Crippen molar-refractivity contribution in [2.24, 2.45) is 5.92 Å². The third-order valence-corrected chi connectivity index (χ3v) is 3.90. The Bertz CT molecular complexity index is 430. The van der Waals surface area contributed by atoms with Crippen molar-refractivity contribution in [3.63, 3.8) is 0 Å². The van der Waals surface area contributed by atoms with E-state index in [1.54, 1.807) is 0 Å². The zero-order valence-electron chi connectivity index (χ0n) is 10.8. The fourth-order valence-corrected chi connectivity index (χ4v) is 2.53. The molecule has 1 heterocycles. The van der Waals surface area contributed by atoms with E-state index in [9.17, 15) is 4.79 Å². The van der Waals surface area contributed by atoms with E-state index in [0.29, 0.717) is 5.02 Å². The minimum atomic E-state index is 0.0526. The summed E-state index contributed by atoms with van der Waals surface area (Å²) < 4.78 is 0. The molecule has 2 atom stereocenters. The molecule has 1 saturated heterocycles. The van der Waals surface area contributed by atoms with E-state index >= 15 is 0 Å². The molecule has 18 heavy (non-hydrogen) atoms. The molecule has 1 N–H and O–H groups in total. The molecular formula is C14H19ClN2O. The second-order valence-electron chi connectivity index (χ2n) is 4.87. The third kappa shape index (κ3) is 2.85. The fraction of sp³-hybridized carbons (Fsp3) is 0.500. The van der Waals surface area contributed by atoms with Crippen LogP contribution in [0.5, 0.6) is 0 Å². The van der Waals surface area contributed by atoms with Crippen LogP contribution >= 0.6 is 11.6 Å². The normalized spacial score (nSPS) is 20.7. The monoisotopic (exact) mass is 266 g/mol. The lowest BCUT2D eigenvalue weighted by Crippen LogP contribution is -2.35. The van der Waals surface area contributed by atoms with Gasteiger partial charge in [-0.15, -0.1) is 0 Å². The number of carbonyl (C=O) groups excluding carboxylic acids is 1. The SMILES string of the molecule is CC(c1cccc(Cl)c1)N(C)C(=O)C1CCNC1. The topological polar surface area (TPSA) is 32.3 Å². The predicted octanol–water partition coefficient (Wildman–Crippen LogP) is 2.47. The van der Waals surface area contributed by atoms with Gasteiger partial charge in [0.2, 0.25) is 5.91 Å². The van der Waals surface area contributed by atoms with Crippen molar-refractivity contribution in [2.45, 2.75) is 19.4 Å². The Morgan fingerprint density at radius 3 is 2.94 bits per heavy atom. The van der Waals surface area contributed by atoms with Crippen LogP contribution in [0.25, 0.3) is 0 Å². The molecule has 0 saturated carbocycles. The highest BCUT2D eigenvalue weighted by Gasteiger charge is 2.27. The molecule has 1 aromatic rings. The fourth-order valence-electron chi connectivity index (χ4n) is 2.33. The molecule has 0 radical (unpaired) electrons. The van der Waals surface area contributed by atoms with Crippen molar-refractivity contribution in [1.29, 1.82) is 0 Å². The lowest BCUT2D eigenvalue weighted by atomic mass is 10.0. The summed E-state index contributed by atoms with van der Waals surface area (Å²) >= 11 is 5.99. The standard InChI is InChI=1S/C14H19ClN2O/c1-10(11-4-3-5-13(15)8-11)17(2)14(18)12-6-7-16-9-12/h3-5,8,10,12,16H,6-7,9H2,1-2H3. The van der Waals surface area contributed by atoms with Gasteiger partial charge in [0.15, 0.2) is 0 Å². The molecule has 1 aliphatic rings. The second kappa shape index (κ2) is 5.72. The first kappa shape index (κ1) is 13.4. The number of halogens is 1. The summed E-state index contributed by atoms with van der Waals surface area (Å²) in [6.45, 7) is 3.77. The van der Waals surface area contributed by atoms with Crippen molar-refractivity contribution in [2.75, 3.05) is 20.1 Å². The summed E-state index contributed by atoms with van der Waals surface area (Å²) in [6.07, 6.45) is 0.936. The quantitative estimate of drug-likeness (QED) is 0.912. The molecule has 2 unspecified atom stereocenters. The smallest absolute Gasteiger partial charge is 0.227 e. The van der Waals surface area contributed by atoms with E-state index < -0.39 is 0 Å². The number of carbonyl (C=O) groups is 1. The first-order valence-corrected chi connectivity index (χ1v) is 6.70. The van der Waals surface area contributed by atoms with Gasteiger partial charge in [0, 0.05) is 18.6 Å². The highest BCUT2D eigenvalue weighted by molar-refractivity contribution is 6.30.